The van der Waals surface area contributed by atoms with E-state index in [1.54, 1.807) is 17.1 Å². The standard InChI is InChI=1S/C26H25N7O/c1-17-9-11-33(32-17)25-6-2-5-22(30-25)18-7-8-23-20(12-18)21(14-29-23)24-15-28-16-26(31-24)34-19-4-3-10-27-13-19/h2,5-9,11-12,14-16,19,27,29H,3-4,10,13H2,1H3/t19-/m1/s1. The Hall–Kier alpha value is -4.04. The molecule has 1 atom stereocenters. The first kappa shape index (κ1) is 20.6. The SMILES string of the molecule is Cc1ccn(-c2cccc(-c3ccc4[nH]cc(-c5cncc(O[C@@H]6CCCNC6)n5)c4c3)n2)n1. The van der Waals surface area contributed by atoms with Crippen LogP contribution in [0, 0.1) is 6.92 Å². The average Bonchev–Trinajstić information content (AvgIpc) is 3.51. The van der Waals surface area contributed by atoms with Crippen molar-refractivity contribution in [3.63, 3.8) is 0 Å². The van der Waals surface area contributed by atoms with Crippen LogP contribution in [-0.2, 0) is 0 Å². The number of fused-ring (bicyclic) bond motifs is 1. The van der Waals surface area contributed by atoms with Gasteiger partial charge in [-0.25, -0.2) is 14.6 Å². The molecule has 0 unspecified atom stereocenters. The Labute approximate surface area is 197 Å². The summed E-state index contributed by atoms with van der Waals surface area (Å²) in [7, 11) is 0. The van der Waals surface area contributed by atoms with E-state index < -0.39 is 0 Å². The van der Waals surface area contributed by atoms with E-state index in [1.165, 1.54) is 0 Å². The largest absolute Gasteiger partial charge is 0.472 e. The summed E-state index contributed by atoms with van der Waals surface area (Å²) in [4.78, 5) is 17.3. The lowest BCUT2D eigenvalue weighted by Gasteiger charge is -2.23. The zero-order valence-corrected chi connectivity index (χ0v) is 18.9. The summed E-state index contributed by atoms with van der Waals surface area (Å²) in [5.41, 5.74) is 5.65. The highest BCUT2D eigenvalue weighted by Crippen LogP contribution is 2.31. The Morgan fingerprint density at radius 1 is 1.06 bits per heavy atom. The van der Waals surface area contributed by atoms with Crippen LogP contribution in [0.4, 0.5) is 0 Å². The van der Waals surface area contributed by atoms with Crippen LogP contribution in [0.15, 0.2) is 67.3 Å². The van der Waals surface area contributed by atoms with Gasteiger partial charge in [0.15, 0.2) is 5.82 Å². The molecule has 0 aliphatic carbocycles. The zero-order chi connectivity index (χ0) is 22.9. The molecule has 34 heavy (non-hydrogen) atoms. The minimum absolute atomic E-state index is 0.129. The van der Waals surface area contributed by atoms with Crippen molar-refractivity contribution in [2.45, 2.75) is 25.9 Å². The van der Waals surface area contributed by atoms with E-state index in [2.05, 4.69) is 38.6 Å². The van der Waals surface area contributed by atoms with Crippen LogP contribution in [0.1, 0.15) is 18.5 Å². The van der Waals surface area contributed by atoms with Crippen molar-refractivity contribution < 1.29 is 4.74 Å². The van der Waals surface area contributed by atoms with Crippen molar-refractivity contribution >= 4 is 10.9 Å². The number of aromatic amines is 1. The molecular weight excluding hydrogens is 426 g/mol. The second-order valence-corrected chi connectivity index (χ2v) is 8.57. The van der Waals surface area contributed by atoms with Crippen molar-refractivity contribution in [1.29, 1.82) is 0 Å². The summed E-state index contributed by atoms with van der Waals surface area (Å²) in [6, 6.07) is 14.2. The van der Waals surface area contributed by atoms with Crippen LogP contribution in [0.3, 0.4) is 0 Å². The maximum absolute atomic E-state index is 6.09. The fourth-order valence-corrected chi connectivity index (χ4v) is 4.37. The van der Waals surface area contributed by atoms with Gasteiger partial charge in [0.2, 0.25) is 5.88 Å². The fraction of sp³-hybridized carbons (Fsp3) is 0.231. The fourth-order valence-electron chi connectivity index (χ4n) is 4.37. The van der Waals surface area contributed by atoms with E-state index >= 15 is 0 Å². The minimum atomic E-state index is 0.129. The molecule has 1 aliphatic heterocycles. The highest BCUT2D eigenvalue weighted by molar-refractivity contribution is 5.96. The maximum Gasteiger partial charge on any atom is 0.233 e. The van der Waals surface area contributed by atoms with Crippen molar-refractivity contribution in [3.05, 3.63) is 72.9 Å². The minimum Gasteiger partial charge on any atom is -0.472 e. The number of ether oxygens (including phenoxy) is 1. The van der Waals surface area contributed by atoms with Crippen molar-refractivity contribution in [3.8, 4) is 34.2 Å². The molecule has 1 aliphatic rings. The van der Waals surface area contributed by atoms with E-state index in [-0.39, 0.29) is 6.10 Å². The molecule has 0 spiro atoms. The molecule has 8 heteroatoms. The van der Waals surface area contributed by atoms with Crippen LogP contribution in [-0.4, -0.2) is 48.9 Å². The number of rotatable bonds is 5. The third kappa shape index (κ3) is 4.04. The lowest BCUT2D eigenvalue weighted by Crippen LogP contribution is -2.37. The first-order chi connectivity index (χ1) is 16.7. The number of nitrogens with zero attached hydrogens (tertiary/aromatic N) is 5. The molecule has 1 saturated heterocycles. The molecule has 6 rings (SSSR count). The number of pyridine rings is 1. The van der Waals surface area contributed by atoms with Gasteiger partial charge >= 0.3 is 0 Å². The van der Waals surface area contributed by atoms with E-state index in [9.17, 15) is 0 Å². The van der Waals surface area contributed by atoms with Crippen molar-refractivity contribution in [2.75, 3.05) is 13.1 Å². The Morgan fingerprint density at radius 2 is 2.03 bits per heavy atom. The second kappa shape index (κ2) is 8.72. The first-order valence-electron chi connectivity index (χ1n) is 11.5. The first-order valence-corrected chi connectivity index (χ1v) is 11.5. The van der Waals surface area contributed by atoms with Crippen LogP contribution in [0.25, 0.3) is 39.2 Å². The van der Waals surface area contributed by atoms with Gasteiger partial charge in [-0.1, -0.05) is 12.1 Å². The predicted octanol–water partition coefficient (Wildman–Crippen LogP) is 4.31. The molecule has 1 aromatic carbocycles. The molecule has 1 fully saturated rings. The third-order valence-corrected chi connectivity index (χ3v) is 6.10. The molecular formula is C26H25N7O. The van der Waals surface area contributed by atoms with Crippen LogP contribution in [0.5, 0.6) is 5.88 Å². The second-order valence-electron chi connectivity index (χ2n) is 8.57. The number of hydrogen-bond acceptors (Lipinski definition) is 6. The summed E-state index contributed by atoms with van der Waals surface area (Å²) >= 11 is 0. The van der Waals surface area contributed by atoms with Gasteiger partial charge < -0.3 is 15.0 Å². The van der Waals surface area contributed by atoms with Gasteiger partial charge in [-0.2, -0.15) is 5.10 Å². The van der Waals surface area contributed by atoms with Gasteiger partial charge in [0.1, 0.15) is 6.10 Å². The highest BCUT2D eigenvalue weighted by Gasteiger charge is 2.16. The molecule has 5 heterocycles. The number of aromatic nitrogens is 6. The molecule has 4 aromatic heterocycles. The zero-order valence-electron chi connectivity index (χ0n) is 18.9. The lowest BCUT2D eigenvalue weighted by molar-refractivity contribution is 0.160. The third-order valence-electron chi connectivity index (χ3n) is 6.10. The average molecular weight is 452 g/mol. The molecule has 2 N–H and O–H groups in total. The van der Waals surface area contributed by atoms with Gasteiger partial charge in [-0.15, -0.1) is 0 Å². The van der Waals surface area contributed by atoms with E-state index in [4.69, 9.17) is 14.7 Å². The van der Waals surface area contributed by atoms with Crippen LogP contribution < -0.4 is 10.1 Å². The van der Waals surface area contributed by atoms with Crippen molar-refractivity contribution in [2.24, 2.45) is 0 Å². The number of aryl methyl sites for hydroxylation is 1. The number of piperidine rings is 1. The summed E-state index contributed by atoms with van der Waals surface area (Å²) < 4.78 is 7.89. The monoisotopic (exact) mass is 451 g/mol. The molecule has 5 aromatic rings. The molecule has 0 saturated carbocycles. The van der Waals surface area contributed by atoms with Crippen LogP contribution in [0.2, 0.25) is 0 Å². The summed E-state index contributed by atoms with van der Waals surface area (Å²) in [6.07, 6.45) is 9.63. The Balaban J connectivity index is 1.34. The van der Waals surface area contributed by atoms with Crippen molar-refractivity contribution in [1.82, 2.24) is 35.0 Å². The molecule has 8 nitrogen and oxygen atoms in total. The van der Waals surface area contributed by atoms with Gasteiger partial charge in [-0.05, 0) is 56.6 Å². The normalized spacial score (nSPS) is 16.1. The summed E-state index contributed by atoms with van der Waals surface area (Å²) in [5, 5.41) is 8.91. The predicted molar refractivity (Wildman–Crippen MR) is 131 cm³/mol. The highest BCUT2D eigenvalue weighted by atomic mass is 16.5. The molecule has 0 radical (unpaired) electrons. The number of hydrogen-bond donors (Lipinski definition) is 2. The van der Waals surface area contributed by atoms with Gasteiger partial charge in [0.05, 0.1) is 29.5 Å². The molecule has 0 bridgehead atoms. The van der Waals surface area contributed by atoms with Gasteiger partial charge in [0.25, 0.3) is 0 Å². The van der Waals surface area contributed by atoms with E-state index in [1.807, 2.05) is 43.6 Å². The number of benzene rings is 1. The summed E-state index contributed by atoms with van der Waals surface area (Å²) in [5.74, 6) is 1.34. The topological polar surface area (TPSA) is 93.5 Å². The smallest absolute Gasteiger partial charge is 0.233 e. The maximum atomic E-state index is 6.09. The molecule has 170 valence electrons. The summed E-state index contributed by atoms with van der Waals surface area (Å²) in [6.45, 7) is 3.85. The Kier molecular flexibility index (Phi) is 5.27. The Bertz CT molecular complexity index is 1450. The Morgan fingerprint density at radius 3 is 2.88 bits per heavy atom. The molecule has 0 amide bonds. The van der Waals surface area contributed by atoms with Gasteiger partial charge in [0, 0.05) is 41.0 Å². The lowest BCUT2D eigenvalue weighted by atomic mass is 10.1. The van der Waals surface area contributed by atoms with Crippen LogP contribution >= 0.6 is 0 Å². The van der Waals surface area contributed by atoms with E-state index in [0.29, 0.717) is 5.88 Å². The number of H-pyrrole nitrogens is 1. The number of nitrogens with one attached hydrogen (secondary N) is 2. The quantitative estimate of drug-likeness (QED) is 0.414. The van der Waals surface area contributed by atoms with E-state index in [0.717, 1.165) is 70.9 Å². The van der Waals surface area contributed by atoms with Gasteiger partial charge in [-0.3, -0.25) is 4.98 Å².